The minimum atomic E-state index is -0.105. The van der Waals surface area contributed by atoms with Crippen molar-refractivity contribution in [1.82, 2.24) is 24.9 Å². The summed E-state index contributed by atoms with van der Waals surface area (Å²) >= 11 is 0. The molecule has 2 fully saturated rings. The summed E-state index contributed by atoms with van der Waals surface area (Å²) < 4.78 is 7.28. The molecule has 3 amide bonds. The summed E-state index contributed by atoms with van der Waals surface area (Å²) in [5, 5.41) is 7.38. The lowest BCUT2D eigenvalue weighted by atomic mass is 10.2. The van der Waals surface area contributed by atoms with Crippen LogP contribution in [0.2, 0.25) is 0 Å². The minimum Gasteiger partial charge on any atom is -0.376 e. The highest BCUT2D eigenvalue weighted by molar-refractivity contribution is 5.94. The Kier molecular flexibility index (Phi) is 4.37. The van der Waals surface area contributed by atoms with E-state index >= 15 is 0 Å². The molecule has 1 unspecified atom stereocenters. The number of amides is 3. The largest absolute Gasteiger partial charge is 0.376 e. The Morgan fingerprint density at radius 2 is 2.00 bits per heavy atom. The van der Waals surface area contributed by atoms with E-state index in [9.17, 15) is 9.59 Å². The van der Waals surface area contributed by atoms with Crippen LogP contribution >= 0.6 is 0 Å². The first-order valence-corrected chi connectivity index (χ1v) is 9.12. The Balaban J connectivity index is 1.42. The first-order valence-electron chi connectivity index (χ1n) is 9.12. The van der Waals surface area contributed by atoms with E-state index in [0.29, 0.717) is 25.3 Å². The Morgan fingerprint density at radius 3 is 2.72 bits per heavy atom. The molecule has 1 N–H and O–H groups in total. The molecule has 8 heteroatoms. The van der Waals surface area contributed by atoms with Gasteiger partial charge in [0.25, 0.3) is 5.91 Å². The van der Waals surface area contributed by atoms with Gasteiger partial charge in [0.05, 0.1) is 24.9 Å². The van der Waals surface area contributed by atoms with Gasteiger partial charge in [0, 0.05) is 38.9 Å². The maximum atomic E-state index is 12.7. The van der Waals surface area contributed by atoms with Gasteiger partial charge in [-0.1, -0.05) is 0 Å². The van der Waals surface area contributed by atoms with Gasteiger partial charge in [-0.15, -0.1) is 0 Å². The molecular formula is C17H25N5O3. The third kappa shape index (κ3) is 3.10. The second-order valence-electron chi connectivity index (χ2n) is 7.07. The van der Waals surface area contributed by atoms with E-state index in [1.807, 2.05) is 11.9 Å². The summed E-state index contributed by atoms with van der Waals surface area (Å²) in [5.74, 6) is -0.00374. The predicted octanol–water partition coefficient (Wildman–Crippen LogP) is 0.860. The summed E-state index contributed by atoms with van der Waals surface area (Å²) in [6, 6.07) is -0.105. The molecule has 0 saturated carbocycles. The van der Waals surface area contributed by atoms with Crippen molar-refractivity contribution in [2.75, 3.05) is 26.2 Å². The van der Waals surface area contributed by atoms with E-state index in [1.54, 1.807) is 9.58 Å². The second kappa shape index (κ2) is 6.67. The average Bonchev–Trinajstić information content (AvgIpc) is 3.37. The van der Waals surface area contributed by atoms with Gasteiger partial charge in [-0.25, -0.2) is 4.79 Å². The van der Waals surface area contributed by atoms with E-state index < -0.39 is 0 Å². The molecule has 0 spiro atoms. The normalized spacial score (nSPS) is 22.5. The Bertz CT molecular complexity index is 674. The number of rotatable bonds is 3. The van der Waals surface area contributed by atoms with E-state index in [2.05, 4.69) is 10.4 Å². The predicted molar refractivity (Wildman–Crippen MR) is 90.0 cm³/mol. The van der Waals surface area contributed by atoms with Gasteiger partial charge in [-0.2, -0.15) is 5.10 Å². The molecule has 1 atom stereocenters. The van der Waals surface area contributed by atoms with Gasteiger partial charge in [0.2, 0.25) is 0 Å². The monoisotopic (exact) mass is 347 g/mol. The lowest BCUT2D eigenvalue weighted by molar-refractivity contribution is 0.0784. The molecule has 25 heavy (non-hydrogen) atoms. The molecular weight excluding hydrogens is 322 g/mol. The Labute approximate surface area is 147 Å². The van der Waals surface area contributed by atoms with Crippen LogP contribution in [0.15, 0.2) is 0 Å². The third-order valence-electron chi connectivity index (χ3n) is 5.35. The van der Waals surface area contributed by atoms with Gasteiger partial charge < -0.3 is 19.9 Å². The summed E-state index contributed by atoms with van der Waals surface area (Å²) in [7, 11) is 1.84. The lowest BCUT2D eigenvalue weighted by Gasteiger charge is -2.19. The van der Waals surface area contributed by atoms with E-state index in [1.165, 1.54) is 0 Å². The van der Waals surface area contributed by atoms with Crippen molar-refractivity contribution >= 4 is 11.9 Å². The smallest absolute Gasteiger partial charge is 0.318 e. The number of aryl methyl sites for hydroxylation is 1. The van der Waals surface area contributed by atoms with Gasteiger partial charge in [-0.3, -0.25) is 9.48 Å². The van der Waals surface area contributed by atoms with E-state index in [4.69, 9.17) is 4.74 Å². The van der Waals surface area contributed by atoms with Crippen molar-refractivity contribution in [3.63, 3.8) is 0 Å². The lowest BCUT2D eigenvalue weighted by Crippen LogP contribution is -2.40. The van der Waals surface area contributed by atoms with Crippen molar-refractivity contribution in [1.29, 1.82) is 0 Å². The standard InChI is InChI=1S/C17H25N5O3/c1-20-14-11-22(17(24)18-9-12-5-4-8-25-12)10-13(14)15(19-20)16(23)21-6-2-3-7-21/h12H,2-11H2,1H3,(H,18,24). The first kappa shape index (κ1) is 16.4. The first-order chi connectivity index (χ1) is 12.1. The highest BCUT2D eigenvalue weighted by Crippen LogP contribution is 2.27. The molecule has 0 aromatic carbocycles. The minimum absolute atomic E-state index is 0.00374. The molecule has 2 saturated heterocycles. The average molecular weight is 347 g/mol. The maximum Gasteiger partial charge on any atom is 0.318 e. The number of likely N-dealkylation sites (tertiary alicyclic amines) is 1. The number of carbonyl (C=O) groups excluding carboxylic acids is 2. The van der Waals surface area contributed by atoms with Crippen LogP contribution in [0.3, 0.4) is 0 Å². The zero-order valence-corrected chi connectivity index (χ0v) is 14.7. The van der Waals surface area contributed by atoms with Gasteiger partial charge in [-0.05, 0) is 25.7 Å². The number of urea groups is 1. The fourth-order valence-corrected chi connectivity index (χ4v) is 3.90. The van der Waals surface area contributed by atoms with E-state index in [-0.39, 0.29) is 18.0 Å². The third-order valence-corrected chi connectivity index (χ3v) is 5.35. The van der Waals surface area contributed by atoms with Crippen molar-refractivity contribution in [3.05, 3.63) is 17.0 Å². The molecule has 3 aliphatic heterocycles. The molecule has 1 aromatic rings. The van der Waals surface area contributed by atoms with Crippen LogP contribution in [0.25, 0.3) is 0 Å². The number of fused-ring (bicyclic) bond motifs is 1. The summed E-state index contributed by atoms with van der Waals surface area (Å²) in [5.41, 5.74) is 2.36. The molecule has 0 bridgehead atoms. The van der Waals surface area contributed by atoms with Gasteiger partial charge >= 0.3 is 6.03 Å². The van der Waals surface area contributed by atoms with Crippen LogP contribution in [-0.2, 0) is 24.9 Å². The van der Waals surface area contributed by atoms with Crippen LogP contribution in [0.1, 0.15) is 47.4 Å². The fraction of sp³-hybridized carbons (Fsp3) is 0.706. The van der Waals surface area contributed by atoms with Crippen LogP contribution in [0.5, 0.6) is 0 Å². The van der Waals surface area contributed by atoms with Gasteiger partial charge in [0.1, 0.15) is 0 Å². The Morgan fingerprint density at radius 1 is 1.20 bits per heavy atom. The fourth-order valence-electron chi connectivity index (χ4n) is 3.90. The van der Waals surface area contributed by atoms with Gasteiger partial charge in [0.15, 0.2) is 5.69 Å². The number of nitrogens with one attached hydrogen (secondary N) is 1. The summed E-state index contributed by atoms with van der Waals surface area (Å²) in [4.78, 5) is 28.8. The molecule has 136 valence electrons. The number of nitrogens with zero attached hydrogens (tertiary/aromatic N) is 4. The molecule has 0 aliphatic carbocycles. The number of hydrogen-bond donors (Lipinski definition) is 1. The molecule has 0 radical (unpaired) electrons. The highest BCUT2D eigenvalue weighted by atomic mass is 16.5. The van der Waals surface area contributed by atoms with Crippen LogP contribution in [-0.4, -0.2) is 63.9 Å². The van der Waals surface area contributed by atoms with Crippen molar-refractivity contribution in [3.8, 4) is 0 Å². The summed E-state index contributed by atoms with van der Waals surface area (Å²) in [6.45, 7) is 3.86. The SMILES string of the molecule is Cn1nc(C(=O)N2CCCC2)c2c1CN(C(=O)NCC1CCCO1)C2. The molecule has 8 nitrogen and oxygen atoms in total. The van der Waals surface area contributed by atoms with Crippen molar-refractivity contribution in [2.24, 2.45) is 7.05 Å². The quantitative estimate of drug-likeness (QED) is 0.879. The highest BCUT2D eigenvalue weighted by Gasteiger charge is 2.34. The second-order valence-corrected chi connectivity index (χ2v) is 7.07. The maximum absolute atomic E-state index is 12.7. The number of carbonyl (C=O) groups is 2. The zero-order valence-electron chi connectivity index (χ0n) is 14.7. The van der Waals surface area contributed by atoms with Crippen molar-refractivity contribution < 1.29 is 14.3 Å². The number of ether oxygens (including phenoxy) is 1. The number of aromatic nitrogens is 2. The number of hydrogen-bond acceptors (Lipinski definition) is 4. The molecule has 4 rings (SSSR count). The van der Waals surface area contributed by atoms with Crippen LogP contribution in [0, 0.1) is 0 Å². The molecule has 4 heterocycles. The molecule has 1 aromatic heterocycles. The Hall–Kier alpha value is -2.09. The molecule has 3 aliphatic rings. The summed E-state index contributed by atoms with van der Waals surface area (Å²) in [6.07, 6.45) is 4.29. The van der Waals surface area contributed by atoms with Crippen molar-refractivity contribution in [2.45, 2.75) is 44.9 Å². The van der Waals surface area contributed by atoms with Crippen LogP contribution in [0.4, 0.5) is 4.79 Å². The topological polar surface area (TPSA) is 79.7 Å². The van der Waals surface area contributed by atoms with Crippen LogP contribution < -0.4 is 5.32 Å². The zero-order chi connectivity index (χ0) is 17.4. The van der Waals surface area contributed by atoms with E-state index in [0.717, 1.165) is 56.6 Å².